The highest BCUT2D eigenvalue weighted by atomic mass is 15.1. The molecule has 1 aliphatic heterocycles. The fraction of sp³-hybridized carbons (Fsp3) is 1.00. The minimum atomic E-state index is 0.894. The van der Waals surface area contributed by atoms with Gasteiger partial charge in [-0.05, 0) is 76.5 Å². The van der Waals surface area contributed by atoms with E-state index in [4.69, 9.17) is 5.73 Å². The summed E-state index contributed by atoms with van der Waals surface area (Å²) in [5.41, 5.74) is 5.57. The van der Waals surface area contributed by atoms with E-state index in [9.17, 15) is 0 Å². The Morgan fingerprint density at radius 1 is 1.14 bits per heavy atom. The Kier molecular flexibility index (Phi) is 3.45. The fourth-order valence-electron chi connectivity index (χ4n) is 3.14. The molecule has 2 nitrogen and oxygen atoms in total. The van der Waals surface area contributed by atoms with E-state index in [0.717, 1.165) is 24.3 Å². The van der Waals surface area contributed by atoms with E-state index in [2.05, 4.69) is 11.9 Å². The van der Waals surface area contributed by atoms with Gasteiger partial charge in [-0.25, -0.2) is 0 Å². The van der Waals surface area contributed by atoms with Gasteiger partial charge in [-0.15, -0.1) is 0 Å². The third-order valence-electron chi connectivity index (χ3n) is 4.28. The average molecular weight is 196 g/mol. The van der Waals surface area contributed by atoms with Gasteiger partial charge in [-0.1, -0.05) is 0 Å². The van der Waals surface area contributed by atoms with Crippen molar-refractivity contribution in [3.63, 3.8) is 0 Å². The maximum Gasteiger partial charge on any atom is -0.00190 e. The Morgan fingerprint density at radius 2 is 1.79 bits per heavy atom. The molecule has 0 radical (unpaired) electrons. The molecule has 1 saturated carbocycles. The maximum atomic E-state index is 5.57. The van der Waals surface area contributed by atoms with Gasteiger partial charge < -0.3 is 10.6 Å². The Morgan fingerprint density at radius 3 is 2.36 bits per heavy atom. The van der Waals surface area contributed by atoms with Gasteiger partial charge in [0.15, 0.2) is 0 Å². The third kappa shape index (κ3) is 2.29. The SMILES string of the molecule is CN1CCC(C2CC(CCN)C2)CC1. The fourth-order valence-corrected chi connectivity index (χ4v) is 3.14. The van der Waals surface area contributed by atoms with Crippen LogP contribution >= 0.6 is 0 Å². The lowest BCUT2D eigenvalue weighted by molar-refractivity contribution is 0.0735. The molecule has 0 spiro atoms. The molecule has 2 N–H and O–H groups in total. The number of nitrogens with zero attached hydrogens (tertiary/aromatic N) is 1. The highest BCUT2D eigenvalue weighted by Gasteiger charge is 2.35. The topological polar surface area (TPSA) is 29.3 Å². The average Bonchev–Trinajstić information content (AvgIpc) is 2.13. The lowest BCUT2D eigenvalue weighted by Gasteiger charge is -2.43. The predicted molar refractivity (Wildman–Crippen MR) is 60.1 cm³/mol. The van der Waals surface area contributed by atoms with Crippen molar-refractivity contribution in [3.05, 3.63) is 0 Å². The smallest absolute Gasteiger partial charge is 0.00190 e. The zero-order chi connectivity index (χ0) is 9.97. The second-order valence-corrected chi connectivity index (χ2v) is 5.32. The second-order valence-electron chi connectivity index (χ2n) is 5.32. The van der Waals surface area contributed by atoms with Gasteiger partial charge in [0.05, 0.1) is 0 Å². The molecule has 82 valence electrons. The molecular formula is C12H24N2. The van der Waals surface area contributed by atoms with Gasteiger partial charge in [-0.2, -0.15) is 0 Å². The Labute approximate surface area is 87.8 Å². The van der Waals surface area contributed by atoms with Crippen LogP contribution in [0.2, 0.25) is 0 Å². The molecule has 1 saturated heterocycles. The first-order valence-electron chi connectivity index (χ1n) is 6.18. The largest absolute Gasteiger partial charge is 0.330 e. The molecule has 1 heterocycles. The van der Waals surface area contributed by atoms with Gasteiger partial charge in [0.25, 0.3) is 0 Å². The molecule has 0 aromatic carbocycles. The summed E-state index contributed by atoms with van der Waals surface area (Å²) in [6, 6.07) is 0. The van der Waals surface area contributed by atoms with Crippen LogP contribution in [0.5, 0.6) is 0 Å². The maximum absolute atomic E-state index is 5.57. The summed E-state index contributed by atoms with van der Waals surface area (Å²) in [5, 5.41) is 0. The van der Waals surface area contributed by atoms with Gasteiger partial charge in [0, 0.05) is 0 Å². The van der Waals surface area contributed by atoms with Crippen LogP contribution in [-0.2, 0) is 0 Å². The summed E-state index contributed by atoms with van der Waals surface area (Å²) >= 11 is 0. The van der Waals surface area contributed by atoms with E-state index >= 15 is 0 Å². The molecular weight excluding hydrogens is 172 g/mol. The minimum Gasteiger partial charge on any atom is -0.330 e. The minimum absolute atomic E-state index is 0.894. The van der Waals surface area contributed by atoms with Crippen molar-refractivity contribution in [2.24, 2.45) is 23.5 Å². The van der Waals surface area contributed by atoms with E-state index in [1.165, 1.54) is 45.2 Å². The van der Waals surface area contributed by atoms with Crippen LogP contribution in [0.1, 0.15) is 32.1 Å². The molecule has 2 fully saturated rings. The van der Waals surface area contributed by atoms with E-state index < -0.39 is 0 Å². The van der Waals surface area contributed by atoms with Crippen LogP contribution in [0.4, 0.5) is 0 Å². The molecule has 14 heavy (non-hydrogen) atoms. The summed E-state index contributed by atoms with van der Waals surface area (Å²) in [4.78, 5) is 2.46. The molecule has 2 heteroatoms. The quantitative estimate of drug-likeness (QED) is 0.744. The molecule has 0 aromatic heterocycles. The van der Waals surface area contributed by atoms with Gasteiger partial charge in [0.2, 0.25) is 0 Å². The second kappa shape index (κ2) is 4.63. The first kappa shape index (κ1) is 10.4. The normalized spacial score (nSPS) is 35.6. The van der Waals surface area contributed by atoms with E-state index in [1.807, 2.05) is 0 Å². The van der Waals surface area contributed by atoms with Crippen LogP contribution in [0.25, 0.3) is 0 Å². The molecule has 0 bridgehead atoms. The highest BCUT2D eigenvalue weighted by Crippen LogP contribution is 2.43. The number of likely N-dealkylation sites (tertiary alicyclic amines) is 1. The monoisotopic (exact) mass is 196 g/mol. The molecule has 2 rings (SSSR count). The third-order valence-corrected chi connectivity index (χ3v) is 4.28. The van der Waals surface area contributed by atoms with Crippen LogP contribution in [0.3, 0.4) is 0 Å². The number of hydrogen-bond donors (Lipinski definition) is 1. The lowest BCUT2D eigenvalue weighted by Crippen LogP contribution is -2.38. The first-order chi connectivity index (χ1) is 6.79. The molecule has 0 atom stereocenters. The van der Waals surface area contributed by atoms with Crippen molar-refractivity contribution in [3.8, 4) is 0 Å². The van der Waals surface area contributed by atoms with E-state index in [1.54, 1.807) is 0 Å². The summed E-state index contributed by atoms with van der Waals surface area (Å²) in [7, 11) is 2.24. The standard InChI is InChI=1S/C12H24N2/c1-14-6-3-11(4-7-14)12-8-10(9-12)2-5-13/h10-12H,2-9,13H2,1H3. The van der Waals surface area contributed by atoms with Crippen molar-refractivity contribution >= 4 is 0 Å². The van der Waals surface area contributed by atoms with Crippen LogP contribution < -0.4 is 5.73 Å². The van der Waals surface area contributed by atoms with Crippen molar-refractivity contribution in [1.29, 1.82) is 0 Å². The number of piperidine rings is 1. The van der Waals surface area contributed by atoms with Crippen LogP contribution in [0.15, 0.2) is 0 Å². The highest BCUT2D eigenvalue weighted by molar-refractivity contribution is 4.86. The van der Waals surface area contributed by atoms with Crippen LogP contribution in [0, 0.1) is 17.8 Å². The van der Waals surface area contributed by atoms with Crippen molar-refractivity contribution < 1.29 is 0 Å². The number of rotatable bonds is 3. The Balaban J connectivity index is 1.67. The van der Waals surface area contributed by atoms with Crippen molar-refractivity contribution in [1.82, 2.24) is 4.90 Å². The Bertz CT molecular complexity index is 167. The van der Waals surface area contributed by atoms with Crippen molar-refractivity contribution in [2.75, 3.05) is 26.7 Å². The Hall–Kier alpha value is -0.0800. The van der Waals surface area contributed by atoms with E-state index in [-0.39, 0.29) is 0 Å². The number of nitrogens with two attached hydrogens (primary N) is 1. The molecule has 2 aliphatic rings. The molecule has 1 aliphatic carbocycles. The van der Waals surface area contributed by atoms with Crippen LogP contribution in [-0.4, -0.2) is 31.6 Å². The van der Waals surface area contributed by atoms with Gasteiger partial charge in [0.1, 0.15) is 0 Å². The zero-order valence-electron chi connectivity index (χ0n) is 9.41. The molecule has 0 unspecified atom stereocenters. The lowest BCUT2D eigenvalue weighted by atomic mass is 9.65. The van der Waals surface area contributed by atoms with Gasteiger partial charge >= 0.3 is 0 Å². The van der Waals surface area contributed by atoms with Crippen molar-refractivity contribution in [2.45, 2.75) is 32.1 Å². The summed E-state index contributed by atoms with van der Waals surface area (Å²) < 4.78 is 0. The molecule has 0 aromatic rings. The summed E-state index contributed by atoms with van der Waals surface area (Å²) in [5.74, 6) is 3.07. The predicted octanol–water partition coefficient (Wildman–Crippen LogP) is 1.70. The number of hydrogen-bond acceptors (Lipinski definition) is 2. The van der Waals surface area contributed by atoms with Gasteiger partial charge in [-0.3, -0.25) is 0 Å². The van der Waals surface area contributed by atoms with E-state index in [0.29, 0.717) is 0 Å². The summed E-state index contributed by atoms with van der Waals surface area (Å²) in [6.07, 6.45) is 7.10. The summed E-state index contributed by atoms with van der Waals surface area (Å²) in [6.45, 7) is 3.54. The first-order valence-corrected chi connectivity index (χ1v) is 6.18. The molecule has 0 amide bonds. The zero-order valence-corrected chi connectivity index (χ0v) is 9.41.